The Hall–Kier alpha value is -5.15. The van der Waals surface area contributed by atoms with Gasteiger partial charge in [-0.25, -0.2) is 5.43 Å². The Morgan fingerprint density at radius 2 is 1.89 bits per heavy atom. The number of likely N-dealkylation sites (N-methyl/N-ethyl adjacent to an activating group) is 1. The zero-order valence-corrected chi connectivity index (χ0v) is 37.7. The van der Waals surface area contributed by atoms with Crippen molar-refractivity contribution in [1.82, 2.24) is 30.2 Å². The molecule has 2 aromatic heterocycles. The zero-order chi connectivity index (χ0) is 45.0. The molecule has 2 fully saturated rings. The van der Waals surface area contributed by atoms with Crippen LogP contribution in [0.3, 0.4) is 0 Å². The van der Waals surface area contributed by atoms with Crippen molar-refractivity contribution >= 4 is 35.5 Å². The Balaban J connectivity index is 0.000000941. The number of aryl methyl sites for hydroxylation is 1. The number of amides is 2. The van der Waals surface area contributed by atoms with Crippen LogP contribution in [0.5, 0.6) is 5.75 Å². The first kappa shape index (κ1) is 47.9. The number of nitrogens with zero attached hydrogens (tertiary/aromatic N) is 4. The minimum absolute atomic E-state index is 0.0296. The summed E-state index contributed by atoms with van der Waals surface area (Å²) in [6.07, 6.45) is 9.06. The predicted octanol–water partition coefficient (Wildman–Crippen LogP) is 6.09. The summed E-state index contributed by atoms with van der Waals surface area (Å²) in [7, 11) is 5.41. The lowest BCUT2D eigenvalue weighted by molar-refractivity contribution is -0.141. The summed E-state index contributed by atoms with van der Waals surface area (Å²) in [5.41, 5.74) is 10.3. The summed E-state index contributed by atoms with van der Waals surface area (Å²) in [5.74, 6) is -0.327. The molecule has 4 heterocycles. The van der Waals surface area contributed by atoms with Gasteiger partial charge in [0.2, 0.25) is 5.91 Å². The summed E-state index contributed by atoms with van der Waals surface area (Å²) < 4.78 is 18.1. The Labute approximate surface area is 366 Å². The van der Waals surface area contributed by atoms with Crippen LogP contribution in [0.4, 0.5) is 0 Å². The molecule has 3 atom stereocenters. The molecule has 2 aromatic carbocycles. The Kier molecular flexibility index (Phi) is 17.2. The molecule has 4 aromatic rings. The lowest BCUT2D eigenvalue weighted by Gasteiger charge is -2.33. The number of phenols is 1. The molecule has 3 N–H and O–H groups in total. The number of fused-ring (bicyclic) bond motifs is 1. The second-order valence-electron chi connectivity index (χ2n) is 17.6. The molecule has 6 rings (SSSR count). The number of aromatic nitrogens is 2. The van der Waals surface area contributed by atoms with Crippen LogP contribution in [-0.4, -0.2) is 115 Å². The van der Waals surface area contributed by atoms with Crippen molar-refractivity contribution in [2.45, 2.75) is 104 Å². The van der Waals surface area contributed by atoms with E-state index in [2.05, 4.69) is 53.2 Å². The van der Waals surface area contributed by atoms with E-state index in [-0.39, 0.29) is 42.6 Å². The highest BCUT2D eigenvalue weighted by Gasteiger charge is 2.33. The van der Waals surface area contributed by atoms with Crippen LogP contribution >= 0.6 is 0 Å². The van der Waals surface area contributed by atoms with Gasteiger partial charge in [-0.15, -0.1) is 0 Å². The van der Waals surface area contributed by atoms with Gasteiger partial charge < -0.3 is 34.0 Å². The topological polar surface area (TPSA) is 165 Å². The van der Waals surface area contributed by atoms with Gasteiger partial charge in [-0.3, -0.25) is 29.3 Å². The maximum atomic E-state index is 14.0. The SMILES string of the molecule is CCn1c(-c2cnccc2COC)c(CC(C)(C)COC=O)c2cc(-c3cc(O)cc(CC(NC(=O)C(C(C)C)N(C)C)C(=O)N4CCCCN4)c3)ccc21.O=CC1CCCO1. The largest absolute Gasteiger partial charge is 0.508 e. The number of nitrogens with one attached hydrogen (secondary N) is 2. The number of aromatic hydroxyl groups is 1. The molecule has 0 radical (unpaired) electrons. The normalized spacial score (nSPS) is 16.5. The first-order chi connectivity index (χ1) is 29.7. The fraction of sp³-hybridized carbons (Fsp3) is 0.521. The third-order valence-corrected chi connectivity index (χ3v) is 11.5. The van der Waals surface area contributed by atoms with Crippen LogP contribution < -0.4 is 10.7 Å². The molecule has 2 saturated heterocycles. The minimum atomic E-state index is -0.847. The monoisotopic (exact) mass is 854 g/mol. The third-order valence-electron chi connectivity index (χ3n) is 11.5. The summed E-state index contributed by atoms with van der Waals surface area (Å²) in [4.78, 5) is 55.1. The molecule has 0 bridgehead atoms. The van der Waals surface area contributed by atoms with Crippen molar-refractivity contribution in [3.63, 3.8) is 0 Å². The number of hydrogen-bond acceptors (Lipinski definition) is 11. The van der Waals surface area contributed by atoms with E-state index in [1.165, 1.54) is 0 Å². The van der Waals surface area contributed by atoms with Crippen molar-refractivity contribution in [2.75, 3.05) is 47.5 Å². The summed E-state index contributed by atoms with van der Waals surface area (Å²) in [6, 6.07) is 12.4. The van der Waals surface area contributed by atoms with Crippen LogP contribution in [0.25, 0.3) is 33.3 Å². The standard InChI is InChI=1S/C43H58N6O6.C5H8O2/c1-9-48-38-13-12-30(22-34(38)35(23-43(4,5)26-55-27-50)40(48)36-24-44-16-14-31(36)25-54-8)32-18-29(19-33(51)21-32)20-37(42(53)49-17-11-10-15-45-49)46-41(52)39(28(2)3)47(6)7;6-4-5-2-1-3-7-5/h12-14,16,18-19,21-22,24,27-28,37,39,45,51H,9-11,15,17,20,23,25-26H2,1-8H3,(H,46,52);4-5H,1-3H2. The lowest BCUT2D eigenvalue weighted by Crippen LogP contribution is -2.58. The number of benzene rings is 2. The van der Waals surface area contributed by atoms with Gasteiger partial charge in [0.25, 0.3) is 12.4 Å². The van der Waals surface area contributed by atoms with Crippen molar-refractivity contribution in [1.29, 1.82) is 0 Å². The first-order valence-corrected chi connectivity index (χ1v) is 21.8. The highest BCUT2D eigenvalue weighted by Crippen LogP contribution is 2.41. The molecule has 2 amide bonds. The number of hydrazine groups is 1. The van der Waals surface area contributed by atoms with Gasteiger partial charge in [0.1, 0.15) is 24.2 Å². The van der Waals surface area contributed by atoms with E-state index in [4.69, 9.17) is 14.2 Å². The maximum Gasteiger partial charge on any atom is 0.293 e. The molecule has 0 saturated carbocycles. The molecule has 14 nitrogen and oxygen atoms in total. The van der Waals surface area contributed by atoms with Gasteiger partial charge in [0.15, 0.2) is 0 Å². The molecule has 0 spiro atoms. The molecule has 2 aliphatic rings. The average molecular weight is 855 g/mol. The summed E-state index contributed by atoms with van der Waals surface area (Å²) >= 11 is 0. The third kappa shape index (κ3) is 12.1. The lowest BCUT2D eigenvalue weighted by atomic mass is 9.84. The van der Waals surface area contributed by atoms with Crippen LogP contribution in [0.1, 0.15) is 77.0 Å². The number of methoxy groups -OCH3 is 1. The van der Waals surface area contributed by atoms with Gasteiger partial charge in [-0.2, -0.15) is 0 Å². The highest BCUT2D eigenvalue weighted by molar-refractivity contribution is 5.95. The van der Waals surface area contributed by atoms with Crippen LogP contribution in [0.2, 0.25) is 0 Å². The number of rotatable bonds is 18. The van der Waals surface area contributed by atoms with Gasteiger partial charge in [0.05, 0.1) is 24.9 Å². The van der Waals surface area contributed by atoms with Crippen LogP contribution in [0.15, 0.2) is 54.9 Å². The summed E-state index contributed by atoms with van der Waals surface area (Å²) in [6.45, 7) is 14.1. The quantitative estimate of drug-likeness (QED) is 0.0993. The summed E-state index contributed by atoms with van der Waals surface area (Å²) in [5, 5.41) is 16.8. The van der Waals surface area contributed by atoms with E-state index in [0.717, 1.165) is 88.6 Å². The fourth-order valence-corrected chi connectivity index (χ4v) is 8.69. The molecule has 2 aliphatic heterocycles. The Bertz CT molecular complexity index is 2130. The molecule has 0 aliphatic carbocycles. The van der Waals surface area contributed by atoms with E-state index >= 15 is 0 Å². The number of ether oxygens (including phenoxy) is 3. The number of aldehydes is 1. The molecule has 14 heteroatoms. The van der Waals surface area contributed by atoms with Crippen molar-refractivity contribution in [2.24, 2.45) is 11.3 Å². The first-order valence-electron chi connectivity index (χ1n) is 21.8. The molecule has 336 valence electrons. The van der Waals surface area contributed by atoms with Gasteiger partial charge in [-0.1, -0.05) is 39.8 Å². The predicted molar refractivity (Wildman–Crippen MR) is 240 cm³/mol. The van der Waals surface area contributed by atoms with E-state index in [1.807, 2.05) is 57.2 Å². The smallest absolute Gasteiger partial charge is 0.293 e. The highest BCUT2D eigenvalue weighted by atomic mass is 16.5. The zero-order valence-electron chi connectivity index (χ0n) is 37.7. The fourth-order valence-electron chi connectivity index (χ4n) is 8.69. The molecule has 62 heavy (non-hydrogen) atoms. The number of pyridine rings is 1. The Morgan fingerprint density at radius 3 is 2.50 bits per heavy atom. The van der Waals surface area contributed by atoms with Crippen LogP contribution in [-0.2, 0) is 59.4 Å². The minimum Gasteiger partial charge on any atom is -0.508 e. The average Bonchev–Trinajstić information content (AvgIpc) is 3.89. The number of phenolic OH excluding ortho intramolecular Hbond substituents is 1. The van der Waals surface area contributed by atoms with Gasteiger partial charge >= 0.3 is 0 Å². The van der Waals surface area contributed by atoms with E-state index in [0.29, 0.717) is 39.1 Å². The van der Waals surface area contributed by atoms with Crippen molar-refractivity contribution in [3.05, 3.63) is 71.5 Å². The van der Waals surface area contributed by atoms with E-state index in [9.17, 15) is 24.3 Å². The van der Waals surface area contributed by atoms with Crippen LogP contribution in [0, 0.1) is 11.3 Å². The van der Waals surface area contributed by atoms with E-state index < -0.39 is 17.5 Å². The van der Waals surface area contributed by atoms with Gasteiger partial charge in [0, 0.05) is 74.0 Å². The van der Waals surface area contributed by atoms with Crippen molar-refractivity contribution < 1.29 is 38.5 Å². The number of carbonyl (C=O) groups is 4. The molecular weight excluding hydrogens is 789 g/mol. The number of carbonyl (C=O) groups excluding carboxylic acids is 4. The second-order valence-corrected chi connectivity index (χ2v) is 17.6. The molecule has 3 unspecified atom stereocenters. The van der Waals surface area contributed by atoms with E-state index in [1.54, 1.807) is 30.4 Å². The maximum absolute atomic E-state index is 14.0. The van der Waals surface area contributed by atoms with Gasteiger partial charge in [-0.05, 0) is 117 Å². The second kappa shape index (κ2) is 22.3. The number of hydrogen-bond donors (Lipinski definition) is 3. The Morgan fingerprint density at radius 1 is 1.10 bits per heavy atom. The molecular formula is C48H66N6O8. The van der Waals surface area contributed by atoms with Crippen molar-refractivity contribution in [3.8, 4) is 28.1 Å².